The Hall–Kier alpha value is -2.88. The van der Waals surface area contributed by atoms with Crippen LogP contribution in [0.3, 0.4) is 0 Å². The lowest BCUT2D eigenvalue weighted by Gasteiger charge is -2.29. The zero-order chi connectivity index (χ0) is 18.1. The summed E-state index contributed by atoms with van der Waals surface area (Å²) in [5, 5.41) is 1.01. The average molecular weight is 346 g/mol. The van der Waals surface area contributed by atoms with Crippen LogP contribution in [0, 0.1) is 6.92 Å². The average Bonchev–Trinajstić information content (AvgIpc) is 2.66. The summed E-state index contributed by atoms with van der Waals surface area (Å²) in [6.45, 7) is 2.78. The van der Waals surface area contributed by atoms with Crippen molar-refractivity contribution in [3.05, 3.63) is 75.6 Å². The third-order valence-corrected chi connectivity index (χ3v) is 5.10. The molecule has 0 unspecified atom stereocenters. The minimum Gasteiger partial charge on any atom is -0.322 e. The van der Waals surface area contributed by atoms with E-state index in [1.165, 1.54) is 5.56 Å². The number of benzene rings is 2. The van der Waals surface area contributed by atoms with Gasteiger partial charge < -0.3 is 9.88 Å². The van der Waals surface area contributed by atoms with Crippen LogP contribution in [0.15, 0.2) is 53.3 Å². The summed E-state index contributed by atoms with van der Waals surface area (Å²) in [5.74, 6) is 0.0842. The number of pyridine rings is 1. The van der Waals surface area contributed by atoms with E-state index in [0.29, 0.717) is 18.4 Å². The summed E-state index contributed by atoms with van der Waals surface area (Å²) in [4.78, 5) is 29.9. The first-order chi connectivity index (χ1) is 12.6. The predicted octanol–water partition coefficient (Wildman–Crippen LogP) is 3.75. The van der Waals surface area contributed by atoms with E-state index in [-0.39, 0.29) is 11.5 Å². The summed E-state index contributed by atoms with van der Waals surface area (Å²) in [6.07, 6.45) is 2.80. The van der Waals surface area contributed by atoms with Crippen molar-refractivity contribution in [2.24, 2.45) is 0 Å². The van der Waals surface area contributed by atoms with Crippen molar-refractivity contribution >= 4 is 22.5 Å². The lowest BCUT2D eigenvalue weighted by molar-refractivity contribution is -0.118. The SMILES string of the molecule is Cc1ccc2[nH]c(=O)c(CCC(=O)N3CCCc4ccccc43)cc2c1. The van der Waals surface area contributed by atoms with Crippen molar-refractivity contribution < 1.29 is 4.79 Å². The molecule has 0 fully saturated rings. The van der Waals surface area contributed by atoms with Crippen molar-refractivity contribution in [2.45, 2.75) is 32.6 Å². The van der Waals surface area contributed by atoms with Crippen LogP contribution in [0.4, 0.5) is 5.69 Å². The zero-order valence-electron chi connectivity index (χ0n) is 14.9. The van der Waals surface area contributed by atoms with Gasteiger partial charge in [-0.05, 0) is 61.4 Å². The summed E-state index contributed by atoms with van der Waals surface area (Å²) in [5.41, 5.74) is 4.80. The molecule has 26 heavy (non-hydrogen) atoms. The zero-order valence-corrected chi connectivity index (χ0v) is 14.9. The van der Waals surface area contributed by atoms with Crippen molar-refractivity contribution in [3.8, 4) is 0 Å². The van der Waals surface area contributed by atoms with E-state index in [1.807, 2.05) is 48.2 Å². The summed E-state index contributed by atoms with van der Waals surface area (Å²) in [6, 6.07) is 16.0. The van der Waals surface area contributed by atoms with Gasteiger partial charge in [-0.25, -0.2) is 0 Å². The van der Waals surface area contributed by atoms with Crippen LogP contribution in [0.5, 0.6) is 0 Å². The second-order valence-electron chi connectivity index (χ2n) is 6.99. The fourth-order valence-corrected chi connectivity index (χ4v) is 3.73. The highest BCUT2D eigenvalue weighted by Crippen LogP contribution is 2.27. The number of hydrogen-bond donors (Lipinski definition) is 1. The number of amides is 1. The second kappa shape index (κ2) is 6.79. The molecular weight excluding hydrogens is 324 g/mol. The lowest BCUT2D eigenvalue weighted by atomic mass is 10.0. The van der Waals surface area contributed by atoms with Crippen molar-refractivity contribution in [3.63, 3.8) is 0 Å². The number of rotatable bonds is 3. The van der Waals surface area contributed by atoms with E-state index >= 15 is 0 Å². The molecule has 2 heterocycles. The Kier molecular flexibility index (Phi) is 4.33. The highest BCUT2D eigenvalue weighted by molar-refractivity contribution is 5.94. The topological polar surface area (TPSA) is 53.2 Å². The molecule has 0 spiro atoms. The van der Waals surface area contributed by atoms with Crippen molar-refractivity contribution in [1.29, 1.82) is 0 Å². The smallest absolute Gasteiger partial charge is 0.251 e. The predicted molar refractivity (Wildman–Crippen MR) is 105 cm³/mol. The highest BCUT2D eigenvalue weighted by Gasteiger charge is 2.22. The molecule has 1 N–H and O–H groups in total. The quantitative estimate of drug-likeness (QED) is 0.785. The molecule has 132 valence electrons. The summed E-state index contributed by atoms with van der Waals surface area (Å²) >= 11 is 0. The van der Waals surface area contributed by atoms with Gasteiger partial charge in [0.1, 0.15) is 0 Å². The fraction of sp³-hybridized carbons (Fsp3) is 0.273. The van der Waals surface area contributed by atoms with E-state index in [1.54, 1.807) is 0 Å². The Balaban J connectivity index is 1.54. The van der Waals surface area contributed by atoms with Gasteiger partial charge in [0, 0.05) is 29.7 Å². The number of nitrogens with zero attached hydrogens (tertiary/aromatic N) is 1. The van der Waals surface area contributed by atoms with Crippen LogP contribution in [-0.2, 0) is 17.6 Å². The minimum absolute atomic E-state index is 0.0842. The second-order valence-corrected chi connectivity index (χ2v) is 6.99. The Morgan fingerprint density at radius 3 is 2.88 bits per heavy atom. The molecule has 0 saturated heterocycles. The maximum atomic E-state index is 12.8. The molecule has 0 radical (unpaired) electrons. The van der Waals surface area contributed by atoms with Crippen molar-refractivity contribution in [1.82, 2.24) is 4.98 Å². The van der Waals surface area contributed by atoms with Crippen LogP contribution >= 0.6 is 0 Å². The van der Waals surface area contributed by atoms with Crippen LogP contribution in [0.2, 0.25) is 0 Å². The lowest BCUT2D eigenvalue weighted by Crippen LogP contribution is -2.35. The molecule has 0 bridgehead atoms. The standard InChI is InChI=1S/C22H22N2O2/c1-15-8-10-19-18(13-15)14-17(22(26)23-19)9-11-21(25)24-12-4-6-16-5-2-3-7-20(16)24/h2-3,5,7-8,10,13-14H,4,6,9,11-12H2,1H3,(H,23,26). The molecule has 1 aliphatic heterocycles. The molecule has 2 aromatic carbocycles. The Morgan fingerprint density at radius 2 is 2.00 bits per heavy atom. The van der Waals surface area contributed by atoms with Crippen molar-refractivity contribution in [2.75, 3.05) is 11.4 Å². The number of aromatic nitrogens is 1. The third kappa shape index (κ3) is 3.15. The molecule has 4 heteroatoms. The molecule has 1 amide bonds. The number of anilines is 1. The number of para-hydroxylation sites is 1. The molecule has 4 rings (SSSR count). The van der Waals surface area contributed by atoms with E-state index in [2.05, 4.69) is 17.1 Å². The van der Waals surface area contributed by atoms with Gasteiger partial charge in [-0.1, -0.05) is 29.8 Å². The largest absolute Gasteiger partial charge is 0.322 e. The highest BCUT2D eigenvalue weighted by atomic mass is 16.2. The molecule has 4 nitrogen and oxygen atoms in total. The molecular formula is C22H22N2O2. The van der Waals surface area contributed by atoms with Gasteiger partial charge in [0.25, 0.3) is 5.56 Å². The van der Waals surface area contributed by atoms with Gasteiger partial charge in [-0.2, -0.15) is 0 Å². The van der Waals surface area contributed by atoms with Gasteiger partial charge in [0.05, 0.1) is 0 Å². The Labute approximate surface area is 152 Å². The van der Waals surface area contributed by atoms with Crippen LogP contribution in [-0.4, -0.2) is 17.4 Å². The molecule has 0 atom stereocenters. The number of carbonyl (C=O) groups is 1. The van der Waals surface area contributed by atoms with Gasteiger partial charge in [0.2, 0.25) is 5.91 Å². The Bertz CT molecular complexity index is 1040. The normalized spacial score (nSPS) is 13.7. The number of nitrogens with one attached hydrogen (secondary N) is 1. The fourth-order valence-electron chi connectivity index (χ4n) is 3.73. The molecule has 0 saturated carbocycles. The maximum Gasteiger partial charge on any atom is 0.251 e. The first-order valence-corrected chi connectivity index (χ1v) is 9.13. The van der Waals surface area contributed by atoms with Gasteiger partial charge in [-0.15, -0.1) is 0 Å². The monoisotopic (exact) mass is 346 g/mol. The Morgan fingerprint density at radius 1 is 1.15 bits per heavy atom. The first kappa shape index (κ1) is 16.6. The van der Waals surface area contributed by atoms with E-state index in [0.717, 1.165) is 41.5 Å². The third-order valence-electron chi connectivity index (χ3n) is 5.10. The summed E-state index contributed by atoms with van der Waals surface area (Å²) in [7, 11) is 0. The number of H-pyrrole nitrogens is 1. The number of fused-ring (bicyclic) bond motifs is 2. The van der Waals surface area contributed by atoms with Crippen LogP contribution < -0.4 is 10.5 Å². The molecule has 3 aromatic rings. The number of carbonyl (C=O) groups excluding carboxylic acids is 1. The summed E-state index contributed by atoms with van der Waals surface area (Å²) < 4.78 is 0. The van der Waals surface area contributed by atoms with Crippen LogP contribution in [0.25, 0.3) is 10.9 Å². The molecule has 1 aromatic heterocycles. The van der Waals surface area contributed by atoms with Gasteiger partial charge >= 0.3 is 0 Å². The number of hydrogen-bond acceptors (Lipinski definition) is 2. The number of aryl methyl sites for hydroxylation is 3. The van der Waals surface area contributed by atoms with E-state index in [9.17, 15) is 9.59 Å². The van der Waals surface area contributed by atoms with Crippen LogP contribution in [0.1, 0.15) is 29.5 Å². The number of aromatic amines is 1. The molecule has 0 aliphatic carbocycles. The van der Waals surface area contributed by atoms with E-state index < -0.39 is 0 Å². The molecule has 1 aliphatic rings. The van der Waals surface area contributed by atoms with E-state index in [4.69, 9.17) is 0 Å². The van der Waals surface area contributed by atoms with Gasteiger partial charge in [0.15, 0.2) is 0 Å². The first-order valence-electron chi connectivity index (χ1n) is 9.13. The van der Waals surface area contributed by atoms with Gasteiger partial charge in [-0.3, -0.25) is 9.59 Å². The maximum absolute atomic E-state index is 12.8. The minimum atomic E-state index is -0.104.